The van der Waals surface area contributed by atoms with Crippen molar-refractivity contribution in [3.8, 4) is 11.5 Å². The second-order valence-corrected chi connectivity index (χ2v) is 6.34. The third kappa shape index (κ3) is 3.85. The van der Waals surface area contributed by atoms with Crippen molar-refractivity contribution in [2.24, 2.45) is 0 Å². The Bertz CT molecular complexity index is 801. The molecule has 6 nitrogen and oxygen atoms in total. The highest BCUT2D eigenvalue weighted by Gasteiger charge is 2.21. The Hall–Kier alpha value is -2.34. The summed E-state index contributed by atoms with van der Waals surface area (Å²) in [6, 6.07) is 5.97. The Morgan fingerprint density at radius 2 is 2.04 bits per heavy atom. The quantitative estimate of drug-likeness (QED) is 0.872. The minimum absolute atomic E-state index is 0.0271. The minimum Gasteiger partial charge on any atom is -0.493 e. The molecule has 25 heavy (non-hydrogen) atoms. The van der Waals surface area contributed by atoms with E-state index in [1.54, 1.807) is 14.2 Å². The average molecular weight is 343 g/mol. The van der Waals surface area contributed by atoms with Crippen LogP contribution in [0.1, 0.15) is 36.0 Å². The predicted molar refractivity (Wildman–Crippen MR) is 96.2 cm³/mol. The van der Waals surface area contributed by atoms with E-state index in [1.165, 1.54) is 0 Å². The van der Waals surface area contributed by atoms with Crippen LogP contribution in [0.5, 0.6) is 11.5 Å². The monoisotopic (exact) mass is 343 g/mol. The SMILES string of the molecule is CCCc1nc2c(c(=O)[nH]1)CCN(Cc1ccc(OC)c(OC)c1)C2. The summed E-state index contributed by atoms with van der Waals surface area (Å²) in [5.74, 6) is 2.25. The van der Waals surface area contributed by atoms with Crippen molar-refractivity contribution in [3.05, 3.63) is 51.2 Å². The van der Waals surface area contributed by atoms with Crippen LogP contribution in [0.2, 0.25) is 0 Å². The van der Waals surface area contributed by atoms with Crippen molar-refractivity contribution in [1.82, 2.24) is 14.9 Å². The molecule has 2 aromatic rings. The lowest BCUT2D eigenvalue weighted by atomic mass is 10.1. The Kier molecular flexibility index (Phi) is 5.38. The zero-order chi connectivity index (χ0) is 17.8. The van der Waals surface area contributed by atoms with Crippen molar-refractivity contribution in [3.63, 3.8) is 0 Å². The molecular weight excluding hydrogens is 318 g/mol. The van der Waals surface area contributed by atoms with E-state index in [0.29, 0.717) is 6.54 Å². The van der Waals surface area contributed by atoms with E-state index in [1.807, 2.05) is 18.2 Å². The van der Waals surface area contributed by atoms with E-state index in [4.69, 9.17) is 9.47 Å². The molecule has 0 atom stereocenters. The van der Waals surface area contributed by atoms with Crippen LogP contribution in [0.15, 0.2) is 23.0 Å². The number of H-pyrrole nitrogens is 1. The van der Waals surface area contributed by atoms with Gasteiger partial charge in [0.25, 0.3) is 5.56 Å². The number of ether oxygens (including phenoxy) is 2. The van der Waals surface area contributed by atoms with Crippen LogP contribution < -0.4 is 15.0 Å². The van der Waals surface area contributed by atoms with Gasteiger partial charge in [-0.15, -0.1) is 0 Å². The molecule has 2 heterocycles. The van der Waals surface area contributed by atoms with E-state index < -0.39 is 0 Å². The molecule has 3 rings (SSSR count). The first-order valence-electron chi connectivity index (χ1n) is 8.68. The number of hydrogen-bond acceptors (Lipinski definition) is 5. The fraction of sp³-hybridized carbons (Fsp3) is 0.474. The summed E-state index contributed by atoms with van der Waals surface area (Å²) >= 11 is 0. The fourth-order valence-corrected chi connectivity index (χ4v) is 3.27. The van der Waals surface area contributed by atoms with Crippen molar-refractivity contribution in [1.29, 1.82) is 0 Å². The topological polar surface area (TPSA) is 67.5 Å². The molecule has 0 bridgehead atoms. The molecule has 0 aliphatic carbocycles. The molecule has 1 aromatic heterocycles. The van der Waals surface area contributed by atoms with E-state index in [-0.39, 0.29) is 5.56 Å². The third-order valence-corrected chi connectivity index (χ3v) is 4.54. The lowest BCUT2D eigenvalue weighted by Gasteiger charge is -2.28. The van der Waals surface area contributed by atoms with Crippen molar-refractivity contribution in [2.75, 3.05) is 20.8 Å². The van der Waals surface area contributed by atoms with Gasteiger partial charge >= 0.3 is 0 Å². The second-order valence-electron chi connectivity index (χ2n) is 6.34. The highest BCUT2D eigenvalue weighted by molar-refractivity contribution is 5.42. The smallest absolute Gasteiger partial charge is 0.254 e. The largest absolute Gasteiger partial charge is 0.493 e. The Balaban J connectivity index is 1.77. The van der Waals surface area contributed by atoms with Gasteiger partial charge in [-0.2, -0.15) is 0 Å². The number of methoxy groups -OCH3 is 2. The molecule has 1 aliphatic rings. The maximum atomic E-state index is 12.2. The summed E-state index contributed by atoms with van der Waals surface area (Å²) in [5.41, 5.74) is 2.93. The van der Waals surface area contributed by atoms with E-state index in [2.05, 4.69) is 21.8 Å². The molecule has 0 spiro atoms. The maximum absolute atomic E-state index is 12.2. The lowest BCUT2D eigenvalue weighted by molar-refractivity contribution is 0.239. The van der Waals surface area contributed by atoms with Gasteiger partial charge in [-0.25, -0.2) is 4.98 Å². The first kappa shape index (κ1) is 17.5. The molecule has 0 fully saturated rings. The fourth-order valence-electron chi connectivity index (χ4n) is 3.27. The minimum atomic E-state index is 0.0271. The summed E-state index contributed by atoms with van der Waals surface area (Å²) in [5, 5.41) is 0. The zero-order valence-electron chi connectivity index (χ0n) is 15.1. The first-order chi connectivity index (χ1) is 12.1. The number of benzene rings is 1. The molecule has 0 radical (unpaired) electrons. The standard InChI is InChI=1S/C19H25N3O3/c1-4-5-18-20-15-12-22(9-8-14(15)19(23)21-18)11-13-6-7-16(24-2)17(10-13)25-3/h6-7,10H,4-5,8-9,11-12H2,1-3H3,(H,20,21,23). The number of fused-ring (bicyclic) bond motifs is 1. The van der Waals surface area contributed by atoms with Crippen molar-refractivity contribution in [2.45, 2.75) is 39.3 Å². The molecule has 134 valence electrons. The maximum Gasteiger partial charge on any atom is 0.254 e. The third-order valence-electron chi connectivity index (χ3n) is 4.54. The van der Waals surface area contributed by atoms with Crippen LogP contribution in [-0.2, 0) is 25.9 Å². The first-order valence-corrected chi connectivity index (χ1v) is 8.68. The summed E-state index contributed by atoms with van der Waals surface area (Å²) in [4.78, 5) is 22.1. The lowest BCUT2D eigenvalue weighted by Crippen LogP contribution is -2.35. The van der Waals surface area contributed by atoms with E-state index >= 15 is 0 Å². The van der Waals surface area contributed by atoms with Crippen LogP contribution in [0.4, 0.5) is 0 Å². The Morgan fingerprint density at radius 1 is 1.24 bits per heavy atom. The summed E-state index contributed by atoms with van der Waals surface area (Å²) < 4.78 is 10.7. The molecular formula is C19H25N3O3. The number of aryl methyl sites for hydroxylation is 1. The van der Waals surface area contributed by atoms with Crippen LogP contribution in [0.3, 0.4) is 0 Å². The Morgan fingerprint density at radius 3 is 2.76 bits per heavy atom. The van der Waals surface area contributed by atoms with E-state index in [0.717, 1.165) is 66.5 Å². The average Bonchev–Trinajstić information content (AvgIpc) is 2.61. The predicted octanol–water partition coefficient (Wildman–Crippen LogP) is 2.30. The summed E-state index contributed by atoms with van der Waals surface area (Å²) in [7, 11) is 3.28. The molecule has 0 saturated heterocycles. The molecule has 1 aliphatic heterocycles. The van der Waals surface area contributed by atoms with Gasteiger partial charge in [0.15, 0.2) is 11.5 Å². The normalized spacial score (nSPS) is 14.2. The van der Waals surface area contributed by atoms with Crippen LogP contribution in [0, 0.1) is 0 Å². The molecule has 1 N–H and O–H groups in total. The van der Waals surface area contributed by atoms with Gasteiger partial charge in [-0.05, 0) is 30.5 Å². The number of aromatic amines is 1. The summed E-state index contributed by atoms with van der Waals surface area (Å²) in [6.07, 6.45) is 2.51. The number of rotatable bonds is 6. The number of nitrogens with one attached hydrogen (secondary N) is 1. The van der Waals surface area contributed by atoms with Gasteiger partial charge in [-0.3, -0.25) is 9.69 Å². The number of hydrogen-bond donors (Lipinski definition) is 1. The second kappa shape index (κ2) is 7.70. The van der Waals surface area contributed by atoms with Gasteiger partial charge in [0.2, 0.25) is 0 Å². The van der Waals surface area contributed by atoms with Gasteiger partial charge in [-0.1, -0.05) is 13.0 Å². The number of aromatic nitrogens is 2. The molecule has 0 amide bonds. The van der Waals surface area contributed by atoms with Crippen LogP contribution in [0.25, 0.3) is 0 Å². The molecule has 6 heteroatoms. The number of nitrogens with zero attached hydrogens (tertiary/aromatic N) is 2. The van der Waals surface area contributed by atoms with Gasteiger partial charge < -0.3 is 14.5 Å². The highest BCUT2D eigenvalue weighted by atomic mass is 16.5. The molecule has 0 saturated carbocycles. The van der Waals surface area contributed by atoms with Crippen molar-refractivity contribution >= 4 is 0 Å². The van der Waals surface area contributed by atoms with E-state index in [9.17, 15) is 4.79 Å². The van der Waals surface area contributed by atoms with Gasteiger partial charge in [0.1, 0.15) is 5.82 Å². The van der Waals surface area contributed by atoms with Crippen LogP contribution >= 0.6 is 0 Å². The van der Waals surface area contributed by atoms with Crippen LogP contribution in [-0.4, -0.2) is 35.6 Å². The van der Waals surface area contributed by atoms with Gasteiger partial charge in [0, 0.05) is 31.6 Å². The summed E-state index contributed by atoms with van der Waals surface area (Å²) in [6.45, 7) is 4.42. The van der Waals surface area contributed by atoms with Gasteiger partial charge in [0.05, 0.1) is 19.9 Å². The molecule has 0 unspecified atom stereocenters. The Labute approximate surface area is 147 Å². The highest BCUT2D eigenvalue weighted by Crippen LogP contribution is 2.28. The van der Waals surface area contributed by atoms with Crippen molar-refractivity contribution < 1.29 is 9.47 Å². The molecule has 1 aromatic carbocycles. The zero-order valence-corrected chi connectivity index (χ0v) is 15.1.